The number of anilines is 1. The molecule has 0 aliphatic carbocycles. The van der Waals surface area contributed by atoms with Crippen molar-refractivity contribution in [2.75, 3.05) is 18.6 Å². The Bertz CT molecular complexity index is 988. The molecule has 1 aliphatic heterocycles. The standard InChI is InChI=1S/C21H18N2O2/c1-3-25-21(24)19-15-12-13-22-16-10-7-11-17(18(15)16)23(2)20(19)14-8-5-4-6-9-14/h4-13H,3H2,1-2H3. The predicted octanol–water partition coefficient (Wildman–Crippen LogP) is 4.12. The van der Waals surface area contributed by atoms with Gasteiger partial charge >= 0.3 is 5.97 Å². The molecule has 4 nitrogen and oxygen atoms in total. The molecule has 124 valence electrons. The normalized spacial score (nSPS) is 13.3. The van der Waals surface area contributed by atoms with E-state index in [9.17, 15) is 4.79 Å². The Morgan fingerprint density at radius 3 is 2.64 bits per heavy atom. The predicted molar refractivity (Wildman–Crippen MR) is 100 cm³/mol. The van der Waals surface area contributed by atoms with Crippen molar-refractivity contribution >= 4 is 33.8 Å². The summed E-state index contributed by atoms with van der Waals surface area (Å²) in [5.74, 6) is -0.310. The highest BCUT2D eigenvalue weighted by molar-refractivity contribution is 6.31. The van der Waals surface area contributed by atoms with Crippen LogP contribution in [0.2, 0.25) is 0 Å². The second-order valence-corrected chi connectivity index (χ2v) is 5.90. The van der Waals surface area contributed by atoms with E-state index < -0.39 is 0 Å². The monoisotopic (exact) mass is 330 g/mol. The minimum Gasteiger partial charge on any atom is -0.462 e. The molecule has 0 fully saturated rings. The van der Waals surface area contributed by atoms with Crippen molar-refractivity contribution in [2.45, 2.75) is 6.92 Å². The van der Waals surface area contributed by atoms with Gasteiger partial charge in [0.25, 0.3) is 0 Å². The van der Waals surface area contributed by atoms with Gasteiger partial charge < -0.3 is 9.64 Å². The fourth-order valence-corrected chi connectivity index (χ4v) is 3.43. The lowest BCUT2D eigenvalue weighted by molar-refractivity contribution is -0.136. The number of carbonyl (C=O) groups excluding carboxylic acids is 1. The van der Waals surface area contributed by atoms with Crippen molar-refractivity contribution in [2.24, 2.45) is 0 Å². The molecule has 2 heterocycles. The van der Waals surface area contributed by atoms with E-state index in [0.29, 0.717) is 12.2 Å². The number of pyridine rings is 1. The van der Waals surface area contributed by atoms with Crippen LogP contribution in [0.4, 0.5) is 5.69 Å². The molecule has 0 amide bonds. The number of rotatable bonds is 3. The average Bonchev–Trinajstić information content (AvgIpc) is 2.65. The molecule has 2 aromatic carbocycles. The average molecular weight is 330 g/mol. The zero-order chi connectivity index (χ0) is 17.4. The second-order valence-electron chi connectivity index (χ2n) is 5.90. The van der Waals surface area contributed by atoms with Crippen molar-refractivity contribution < 1.29 is 9.53 Å². The van der Waals surface area contributed by atoms with Crippen LogP contribution in [0.5, 0.6) is 0 Å². The topological polar surface area (TPSA) is 42.4 Å². The van der Waals surface area contributed by atoms with E-state index >= 15 is 0 Å². The summed E-state index contributed by atoms with van der Waals surface area (Å²) in [7, 11) is 1.98. The molecule has 0 radical (unpaired) electrons. The fraction of sp³-hybridized carbons (Fsp3) is 0.143. The lowest BCUT2D eigenvalue weighted by Crippen LogP contribution is -2.24. The molecule has 1 aliphatic rings. The second kappa shape index (κ2) is 6.06. The van der Waals surface area contributed by atoms with Crippen LogP contribution in [-0.4, -0.2) is 24.6 Å². The first-order chi connectivity index (χ1) is 12.2. The van der Waals surface area contributed by atoms with Gasteiger partial charge in [-0.05, 0) is 30.7 Å². The Balaban J connectivity index is 2.09. The number of benzene rings is 2. The molecule has 0 unspecified atom stereocenters. The Morgan fingerprint density at radius 2 is 1.88 bits per heavy atom. The van der Waals surface area contributed by atoms with Crippen LogP contribution in [-0.2, 0) is 9.53 Å². The molecule has 0 atom stereocenters. The molecule has 0 bridgehead atoms. The highest BCUT2D eigenvalue weighted by atomic mass is 16.5. The summed E-state index contributed by atoms with van der Waals surface area (Å²) < 4.78 is 5.38. The number of hydrogen-bond acceptors (Lipinski definition) is 4. The number of carbonyl (C=O) groups is 1. The molecular formula is C21H18N2O2. The van der Waals surface area contributed by atoms with Crippen LogP contribution in [0.15, 0.2) is 60.8 Å². The molecule has 3 aromatic rings. The van der Waals surface area contributed by atoms with Crippen LogP contribution >= 0.6 is 0 Å². The van der Waals surface area contributed by atoms with Crippen molar-refractivity contribution in [1.82, 2.24) is 4.98 Å². The van der Waals surface area contributed by atoms with Crippen LogP contribution in [0.25, 0.3) is 22.2 Å². The molecule has 25 heavy (non-hydrogen) atoms. The Morgan fingerprint density at radius 1 is 1.08 bits per heavy atom. The van der Waals surface area contributed by atoms with Crippen molar-refractivity contribution in [3.8, 4) is 0 Å². The summed E-state index contributed by atoms with van der Waals surface area (Å²) in [4.78, 5) is 19.4. The molecule has 0 N–H and O–H groups in total. The van der Waals surface area contributed by atoms with E-state index in [1.807, 2.05) is 62.5 Å². The minimum atomic E-state index is -0.310. The van der Waals surface area contributed by atoms with E-state index in [4.69, 9.17) is 4.74 Å². The van der Waals surface area contributed by atoms with Gasteiger partial charge in [-0.25, -0.2) is 4.79 Å². The Kier molecular flexibility index (Phi) is 3.73. The first-order valence-corrected chi connectivity index (χ1v) is 8.31. The van der Waals surface area contributed by atoms with Gasteiger partial charge in [0.2, 0.25) is 0 Å². The Labute approximate surface area is 146 Å². The van der Waals surface area contributed by atoms with E-state index in [1.165, 1.54) is 0 Å². The summed E-state index contributed by atoms with van der Waals surface area (Å²) >= 11 is 0. The van der Waals surface area contributed by atoms with E-state index in [1.54, 1.807) is 6.20 Å². The van der Waals surface area contributed by atoms with Crippen LogP contribution in [0, 0.1) is 0 Å². The van der Waals surface area contributed by atoms with Gasteiger partial charge in [0.1, 0.15) is 0 Å². The minimum absolute atomic E-state index is 0.310. The number of esters is 1. The fourth-order valence-electron chi connectivity index (χ4n) is 3.43. The van der Waals surface area contributed by atoms with E-state index in [0.717, 1.165) is 33.4 Å². The molecule has 1 aromatic heterocycles. The summed E-state index contributed by atoms with van der Waals surface area (Å²) in [6.45, 7) is 2.16. The van der Waals surface area contributed by atoms with Crippen LogP contribution in [0.1, 0.15) is 18.1 Å². The summed E-state index contributed by atoms with van der Waals surface area (Å²) in [5, 5.41) is 0.982. The zero-order valence-corrected chi connectivity index (χ0v) is 14.2. The van der Waals surface area contributed by atoms with Crippen molar-refractivity contribution in [3.05, 3.63) is 71.9 Å². The summed E-state index contributed by atoms with van der Waals surface area (Å²) in [5.41, 5.74) is 5.19. The van der Waals surface area contributed by atoms with Crippen molar-refractivity contribution in [1.29, 1.82) is 0 Å². The maximum absolute atomic E-state index is 12.8. The molecule has 0 saturated heterocycles. The van der Waals surface area contributed by atoms with E-state index in [-0.39, 0.29) is 5.97 Å². The SMILES string of the molecule is CCOC(=O)C1=C(c2ccccc2)N(C)c2cccc3nccc1c23. The Hall–Kier alpha value is -3.14. The number of hydrogen-bond donors (Lipinski definition) is 0. The molecule has 4 rings (SSSR count). The third-order valence-electron chi connectivity index (χ3n) is 4.47. The van der Waals surface area contributed by atoms with Crippen LogP contribution in [0.3, 0.4) is 0 Å². The van der Waals surface area contributed by atoms with Gasteiger partial charge in [0.05, 0.1) is 29.1 Å². The number of nitrogens with zero attached hydrogens (tertiary/aromatic N) is 2. The zero-order valence-electron chi connectivity index (χ0n) is 14.2. The molecule has 0 spiro atoms. The van der Waals surface area contributed by atoms with Crippen LogP contribution < -0.4 is 4.90 Å². The number of aromatic nitrogens is 1. The third kappa shape index (κ3) is 2.38. The van der Waals surface area contributed by atoms with Gasteiger partial charge in [-0.1, -0.05) is 36.4 Å². The van der Waals surface area contributed by atoms with Gasteiger partial charge in [-0.2, -0.15) is 0 Å². The van der Waals surface area contributed by atoms with Gasteiger partial charge in [0.15, 0.2) is 0 Å². The summed E-state index contributed by atoms with van der Waals surface area (Å²) in [6.07, 6.45) is 1.74. The molecular weight excluding hydrogens is 312 g/mol. The summed E-state index contributed by atoms with van der Waals surface area (Å²) in [6, 6.07) is 17.8. The quantitative estimate of drug-likeness (QED) is 0.678. The first-order valence-electron chi connectivity index (χ1n) is 8.31. The highest BCUT2D eigenvalue weighted by Crippen LogP contribution is 2.43. The smallest absolute Gasteiger partial charge is 0.340 e. The van der Waals surface area contributed by atoms with Gasteiger partial charge in [-0.3, -0.25) is 4.98 Å². The highest BCUT2D eigenvalue weighted by Gasteiger charge is 2.30. The van der Waals surface area contributed by atoms with Gasteiger partial charge in [0, 0.05) is 24.2 Å². The molecule has 4 heteroatoms. The lowest BCUT2D eigenvalue weighted by Gasteiger charge is -2.32. The van der Waals surface area contributed by atoms with E-state index in [2.05, 4.69) is 16.0 Å². The van der Waals surface area contributed by atoms with Crippen molar-refractivity contribution in [3.63, 3.8) is 0 Å². The maximum Gasteiger partial charge on any atom is 0.340 e. The first kappa shape index (κ1) is 15.4. The number of ether oxygens (including phenoxy) is 1. The lowest BCUT2D eigenvalue weighted by atomic mass is 9.91. The maximum atomic E-state index is 12.8. The largest absolute Gasteiger partial charge is 0.462 e. The molecule has 0 saturated carbocycles. The third-order valence-corrected chi connectivity index (χ3v) is 4.47. The van der Waals surface area contributed by atoms with Gasteiger partial charge in [-0.15, -0.1) is 0 Å².